The predicted octanol–water partition coefficient (Wildman–Crippen LogP) is 3.47. The monoisotopic (exact) mass is 389 g/mol. The van der Waals surface area contributed by atoms with E-state index in [4.69, 9.17) is 0 Å². The second kappa shape index (κ2) is 9.39. The van der Waals surface area contributed by atoms with Gasteiger partial charge < -0.3 is 15.2 Å². The molecule has 0 aliphatic carbocycles. The topological polar surface area (TPSA) is 62.2 Å². The molecule has 4 rings (SSSR count). The quantitative estimate of drug-likeness (QED) is 0.650. The Morgan fingerprint density at radius 1 is 0.862 bits per heavy atom. The van der Waals surface area contributed by atoms with Crippen LogP contribution < -0.4 is 10.6 Å². The van der Waals surface area contributed by atoms with Crippen LogP contribution >= 0.6 is 0 Å². The zero-order valence-corrected chi connectivity index (χ0v) is 16.6. The number of benzene rings is 2. The summed E-state index contributed by atoms with van der Waals surface area (Å²) in [6.07, 6.45) is 8.04. The van der Waals surface area contributed by atoms with E-state index in [0.29, 0.717) is 13.1 Å². The molecule has 1 saturated heterocycles. The van der Waals surface area contributed by atoms with Crippen LogP contribution in [0.5, 0.6) is 0 Å². The molecule has 1 fully saturated rings. The van der Waals surface area contributed by atoms with Crippen LogP contribution in [0.15, 0.2) is 67.3 Å². The normalized spacial score (nSPS) is 14.1. The fourth-order valence-corrected chi connectivity index (χ4v) is 3.59. The van der Waals surface area contributed by atoms with Crippen LogP contribution in [-0.4, -0.2) is 33.6 Å². The third-order valence-electron chi connectivity index (χ3n) is 5.27. The van der Waals surface area contributed by atoms with Crippen LogP contribution in [0.4, 0.5) is 4.79 Å². The van der Waals surface area contributed by atoms with Gasteiger partial charge in [-0.05, 0) is 54.8 Å². The molecule has 0 bridgehead atoms. The Morgan fingerprint density at radius 3 is 2.03 bits per heavy atom. The maximum absolute atomic E-state index is 12.1. The van der Waals surface area contributed by atoms with Gasteiger partial charge in [0, 0.05) is 37.7 Å². The molecule has 150 valence electrons. The molecule has 3 aromatic rings. The van der Waals surface area contributed by atoms with Crippen molar-refractivity contribution >= 4 is 6.03 Å². The van der Waals surface area contributed by atoms with E-state index in [1.54, 1.807) is 12.5 Å². The fraction of sp³-hybridized carbons (Fsp3) is 0.304. The van der Waals surface area contributed by atoms with E-state index in [1.807, 2.05) is 35.0 Å². The van der Waals surface area contributed by atoms with Gasteiger partial charge in [0.2, 0.25) is 0 Å². The van der Waals surface area contributed by atoms with Crippen molar-refractivity contribution in [3.05, 3.63) is 83.9 Å². The van der Waals surface area contributed by atoms with E-state index in [-0.39, 0.29) is 6.03 Å². The maximum atomic E-state index is 12.1. The Hall–Kier alpha value is -3.12. The molecule has 1 aromatic heterocycles. The third-order valence-corrected chi connectivity index (χ3v) is 5.27. The standard InChI is InChI=1S/C23H27N5O/c29-23(26-16-20-7-9-22(10-8-20)28-14-11-24-18-28)25-15-19-3-5-21(6-4-19)17-27-12-1-2-13-27/h3-11,14,18H,1-2,12-13,15-17H2,(H2,25,26,29). The van der Waals surface area contributed by atoms with Crippen LogP contribution in [0.25, 0.3) is 5.69 Å². The highest BCUT2D eigenvalue weighted by atomic mass is 16.2. The number of carbonyl (C=O) groups is 1. The highest BCUT2D eigenvalue weighted by molar-refractivity contribution is 5.73. The van der Waals surface area contributed by atoms with Gasteiger partial charge in [0.05, 0.1) is 6.33 Å². The molecule has 29 heavy (non-hydrogen) atoms. The lowest BCUT2D eigenvalue weighted by atomic mass is 10.1. The zero-order valence-electron chi connectivity index (χ0n) is 16.6. The number of nitrogens with zero attached hydrogens (tertiary/aromatic N) is 3. The molecule has 0 unspecified atom stereocenters. The number of urea groups is 1. The molecule has 0 saturated carbocycles. The summed E-state index contributed by atoms with van der Waals surface area (Å²) < 4.78 is 1.94. The first-order valence-electron chi connectivity index (χ1n) is 10.2. The Labute approximate surface area is 171 Å². The molecule has 6 nitrogen and oxygen atoms in total. The van der Waals surface area contributed by atoms with Gasteiger partial charge in [-0.2, -0.15) is 0 Å². The molecular weight excluding hydrogens is 362 g/mol. The lowest BCUT2D eigenvalue weighted by molar-refractivity contribution is 0.240. The van der Waals surface area contributed by atoms with Crippen molar-refractivity contribution in [2.75, 3.05) is 13.1 Å². The summed E-state index contributed by atoms with van der Waals surface area (Å²) >= 11 is 0. The van der Waals surface area contributed by atoms with Crippen LogP contribution in [-0.2, 0) is 19.6 Å². The largest absolute Gasteiger partial charge is 0.334 e. The molecule has 0 spiro atoms. The summed E-state index contributed by atoms with van der Waals surface area (Å²) in [6.45, 7) is 4.44. The molecule has 0 radical (unpaired) electrons. The maximum Gasteiger partial charge on any atom is 0.315 e. The Bertz CT molecular complexity index is 897. The van der Waals surface area contributed by atoms with Gasteiger partial charge in [0.1, 0.15) is 0 Å². The molecule has 1 aliphatic rings. The molecule has 2 amide bonds. The minimum Gasteiger partial charge on any atom is -0.334 e. The number of aromatic nitrogens is 2. The molecule has 1 aliphatic heterocycles. The lowest BCUT2D eigenvalue weighted by Crippen LogP contribution is -2.34. The van der Waals surface area contributed by atoms with Crippen molar-refractivity contribution in [2.45, 2.75) is 32.5 Å². The Morgan fingerprint density at radius 2 is 1.45 bits per heavy atom. The summed E-state index contributed by atoms with van der Waals surface area (Å²) in [7, 11) is 0. The van der Waals surface area contributed by atoms with Gasteiger partial charge in [0.15, 0.2) is 0 Å². The molecule has 2 aromatic carbocycles. The SMILES string of the molecule is O=C(NCc1ccc(CN2CCCC2)cc1)NCc1ccc(-n2ccnc2)cc1. The van der Waals surface area contributed by atoms with Crippen molar-refractivity contribution in [2.24, 2.45) is 0 Å². The van der Waals surface area contributed by atoms with Crippen LogP contribution in [0.3, 0.4) is 0 Å². The summed E-state index contributed by atoms with van der Waals surface area (Å²) in [4.78, 5) is 18.6. The average molecular weight is 390 g/mol. The van der Waals surface area contributed by atoms with E-state index in [2.05, 4.69) is 44.8 Å². The number of carbonyl (C=O) groups excluding carboxylic acids is 1. The average Bonchev–Trinajstić information content (AvgIpc) is 3.47. The van der Waals surface area contributed by atoms with Crippen molar-refractivity contribution in [3.8, 4) is 5.69 Å². The second-order valence-corrected chi connectivity index (χ2v) is 7.47. The van der Waals surface area contributed by atoms with E-state index in [1.165, 1.54) is 31.5 Å². The first kappa shape index (κ1) is 19.2. The summed E-state index contributed by atoms with van der Waals surface area (Å²) in [6, 6.07) is 16.4. The smallest absolute Gasteiger partial charge is 0.315 e. The van der Waals surface area contributed by atoms with Gasteiger partial charge in [0.25, 0.3) is 0 Å². The number of hydrogen-bond acceptors (Lipinski definition) is 3. The minimum atomic E-state index is -0.162. The van der Waals surface area contributed by atoms with Crippen molar-refractivity contribution in [1.29, 1.82) is 0 Å². The lowest BCUT2D eigenvalue weighted by Gasteiger charge is -2.14. The minimum absolute atomic E-state index is 0.162. The van der Waals surface area contributed by atoms with E-state index in [9.17, 15) is 4.79 Å². The molecule has 6 heteroatoms. The van der Waals surface area contributed by atoms with E-state index >= 15 is 0 Å². The molecular formula is C23H27N5O. The first-order valence-corrected chi connectivity index (χ1v) is 10.2. The van der Waals surface area contributed by atoms with Crippen molar-refractivity contribution < 1.29 is 4.79 Å². The highest BCUT2D eigenvalue weighted by Gasteiger charge is 2.11. The van der Waals surface area contributed by atoms with Gasteiger partial charge in [-0.3, -0.25) is 4.90 Å². The first-order chi connectivity index (χ1) is 14.3. The number of likely N-dealkylation sites (tertiary alicyclic amines) is 1. The molecule has 0 atom stereocenters. The summed E-state index contributed by atoms with van der Waals surface area (Å²) in [5, 5.41) is 5.83. The zero-order chi connectivity index (χ0) is 19.9. The fourth-order valence-electron chi connectivity index (χ4n) is 3.59. The Balaban J connectivity index is 1.19. The van der Waals surface area contributed by atoms with Gasteiger partial charge in [-0.1, -0.05) is 36.4 Å². The van der Waals surface area contributed by atoms with Crippen molar-refractivity contribution in [1.82, 2.24) is 25.1 Å². The van der Waals surface area contributed by atoms with E-state index < -0.39 is 0 Å². The second-order valence-electron chi connectivity index (χ2n) is 7.47. The van der Waals surface area contributed by atoms with Crippen LogP contribution in [0.2, 0.25) is 0 Å². The predicted molar refractivity (Wildman–Crippen MR) is 114 cm³/mol. The Kier molecular flexibility index (Phi) is 6.22. The van der Waals surface area contributed by atoms with Gasteiger partial charge >= 0.3 is 6.03 Å². The van der Waals surface area contributed by atoms with Crippen LogP contribution in [0, 0.1) is 0 Å². The molecule has 2 N–H and O–H groups in total. The number of imidazole rings is 1. The van der Waals surface area contributed by atoms with Crippen LogP contribution in [0.1, 0.15) is 29.5 Å². The number of amides is 2. The number of nitrogens with one attached hydrogen (secondary N) is 2. The third kappa shape index (κ3) is 5.45. The van der Waals surface area contributed by atoms with Gasteiger partial charge in [-0.25, -0.2) is 9.78 Å². The summed E-state index contributed by atoms with van der Waals surface area (Å²) in [5.41, 5.74) is 4.54. The summed E-state index contributed by atoms with van der Waals surface area (Å²) in [5.74, 6) is 0. The highest BCUT2D eigenvalue weighted by Crippen LogP contribution is 2.13. The van der Waals surface area contributed by atoms with Crippen molar-refractivity contribution in [3.63, 3.8) is 0 Å². The number of hydrogen-bond donors (Lipinski definition) is 2. The van der Waals surface area contributed by atoms with E-state index in [0.717, 1.165) is 23.4 Å². The number of rotatable bonds is 7. The van der Waals surface area contributed by atoms with Gasteiger partial charge in [-0.15, -0.1) is 0 Å². The molecule has 2 heterocycles.